The number of carbonyl (C=O) groups is 2. The van der Waals surface area contributed by atoms with Gasteiger partial charge in [0.05, 0.1) is 16.3 Å². The molecule has 2 heterocycles. The van der Waals surface area contributed by atoms with Crippen LogP contribution in [-0.2, 0) is 9.59 Å². The molecule has 2 aliphatic rings. The lowest BCUT2D eigenvalue weighted by molar-refractivity contribution is -0.384. The number of halogens is 1. The first-order valence-electron chi connectivity index (χ1n) is 8.53. The number of ether oxygens (including phenoxy) is 3. The van der Waals surface area contributed by atoms with Gasteiger partial charge in [0.1, 0.15) is 25.5 Å². The zero-order chi connectivity index (χ0) is 20.5. The fourth-order valence-corrected chi connectivity index (χ4v) is 3.39. The summed E-state index contributed by atoms with van der Waals surface area (Å²) in [6.07, 6.45) is 0. The third kappa shape index (κ3) is 3.81. The third-order valence-corrected chi connectivity index (χ3v) is 4.96. The van der Waals surface area contributed by atoms with E-state index in [1.807, 2.05) is 0 Å². The van der Waals surface area contributed by atoms with Gasteiger partial charge in [0.25, 0.3) is 11.6 Å². The van der Waals surface area contributed by atoms with Gasteiger partial charge in [0.15, 0.2) is 18.1 Å². The first-order chi connectivity index (χ1) is 13.9. The molecule has 2 amide bonds. The number of carbonyl (C=O) groups excluding carboxylic acids is 2. The normalized spacial score (nSPS) is 14.7. The van der Waals surface area contributed by atoms with E-state index in [-0.39, 0.29) is 24.5 Å². The minimum Gasteiger partial charge on any atom is -0.486 e. The Morgan fingerprint density at radius 2 is 1.86 bits per heavy atom. The van der Waals surface area contributed by atoms with Crippen molar-refractivity contribution in [3.05, 3.63) is 44.9 Å². The van der Waals surface area contributed by atoms with Crippen LogP contribution in [-0.4, -0.2) is 43.1 Å². The molecule has 10 nitrogen and oxygen atoms in total. The van der Waals surface area contributed by atoms with Crippen molar-refractivity contribution in [3.63, 3.8) is 0 Å². The van der Waals surface area contributed by atoms with Gasteiger partial charge in [-0.1, -0.05) is 0 Å². The Morgan fingerprint density at radius 1 is 1.14 bits per heavy atom. The Labute approximate surface area is 172 Å². The molecule has 0 aromatic heterocycles. The predicted molar refractivity (Wildman–Crippen MR) is 105 cm³/mol. The van der Waals surface area contributed by atoms with E-state index < -0.39 is 16.7 Å². The molecule has 0 radical (unpaired) electrons. The van der Waals surface area contributed by atoms with E-state index >= 15 is 0 Å². The van der Waals surface area contributed by atoms with Crippen LogP contribution in [0.5, 0.6) is 17.2 Å². The number of nitrogens with zero attached hydrogens (tertiary/aromatic N) is 2. The van der Waals surface area contributed by atoms with E-state index in [1.165, 1.54) is 18.2 Å². The number of hydrogen-bond donors (Lipinski definition) is 1. The van der Waals surface area contributed by atoms with Gasteiger partial charge in [-0.25, -0.2) is 0 Å². The monoisotopic (exact) mass is 463 g/mol. The number of hydrogen-bond acceptors (Lipinski definition) is 7. The van der Waals surface area contributed by atoms with Crippen LogP contribution in [0.3, 0.4) is 0 Å². The predicted octanol–water partition coefficient (Wildman–Crippen LogP) is 2.49. The van der Waals surface area contributed by atoms with Crippen molar-refractivity contribution in [2.45, 2.75) is 0 Å². The number of anilines is 2. The largest absolute Gasteiger partial charge is 0.486 e. The summed E-state index contributed by atoms with van der Waals surface area (Å²) < 4.78 is 16.9. The van der Waals surface area contributed by atoms with Gasteiger partial charge in [-0.15, -0.1) is 0 Å². The van der Waals surface area contributed by atoms with Crippen molar-refractivity contribution in [2.24, 2.45) is 0 Å². The quantitative estimate of drug-likeness (QED) is 0.545. The van der Waals surface area contributed by atoms with Crippen molar-refractivity contribution < 1.29 is 28.7 Å². The molecule has 0 bridgehead atoms. The summed E-state index contributed by atoms with van der Waals surface area (Å²) in [4.78, 5) is 36.5. The summed E-state index contributed by atoms with van der Waals surface area (Å²) in [5.41, 5.74) is 0.410. The second kappa shape index (κ2) is 7.59. The maximum absolute atomic E-state index is 12.6. The zero-order valence-corrected chi connectivity index (χ0v) is 16.4. The summed E-state index contributed by atoms with van der Waals surface area (Å²) >= 11 is 3.37. The van der Waals surface area contributed by atoms with Crippen LogP contribution in [0, 0.1) is 10.1 Å². The fraction of sp³-hybridized carbons (Fsp3) is 0.222. The first-order valence-corrected chi connectivity index (χ1v) is 9.32. The van der Waals surface area contributed by atoms with Gasteiger partial charge >= 0.3 is 0 Å². The molecule has 0 saturated heterocycles. The standard InChI is InChI=1S/C18H14BrN3O7/c19-11-6-15-16(28-4-3-27-15)7-12(11)20-17(23)8-21-13-5-10(22(25)26)1-2-14(13)29-9-18(21)24/h1-2,5-7H,3-4,8-9H2,(H,20,23). The zero-order valence-electron chi connectivity index (χ0n) is 14.8. The number of non-ortho nitro benzene ring substituents is 1. The molecule has 4 rings (SSSR count). The van der Waals surface area contributed by atoms with E-state index in [9.17, 15) is 19.7 Å². The molecule has 2 aromatic rings. The molecule has 11 heteroatoms. The highest BCUT2D eigenvalue weighted by molar-refractivity contribution is 9.10. The molecule has 1 N–H and O–H groups in total. The summed E-state index contributed by atoms with van der Waals surface area (Å²) in [6.45, 7) is 0.249. The van der Waals surface area contributed by atoms with Gasteiger partial charge in [-0.05, 0) is 22.0 Å². The lowest BCUT2D eigenvalue weighted by Crippen LogP contribution is -2.43. The number of benzene rings is 2. The van der Waals surface area contributed by atoms with Crippen molar-refractivity contribution in [2.75, 3.05) is 36.6 Å². The van der Waals surface area contributed by atoms with E-state index in [1.54, 1.807) is 12.1 Å². The average molecular weight is 464 g/mol. The summed E-state index contributed by atoms with van der Waals surface area (Å²) in [5, 5.41) is 13.8. The molecule has 0 fully saturated rings. The molecule has 0 spiro atoms. The maximum atomic E-state index is 12.6. The van der Waals surface area contributed by atoms with Crippen LogP contribution in [0.2, 0.25) is 0 Å². The Kier molecular flexibility index (Phi) is 4.97. The van der Waals surface area contributed by atoms with Gasteiger partial charge in [0.2, 0.25) is 5.91 Å². The lowest BCUT2D eigenvalue weighted by Gasteiger charge is -2.28. The van der Waals surface area contributed by atoms with Crippen LogP contribution < -0.4 is 24.4 Å². The highest BCUT2D eigenvalue weighted by Gasteiger charge is 2.29. The van der Waals surface area contributed by atoms with Crippen LogP contribution in [0.4, 0.5) is 17.1 Å². The van der Waals surface area contributed by atoms with Crippen LogP contribution in [0.15, 0.2) is 34.8 Å². The maximum Gasteiger partial charge on any atom is 0.271 e. The third-order valence-electron chi connectivity index (χ3n) is 4.30. The fourth-order valence-electron chi connectivity index (χ4n) is 2.97. The topological polar surface area (TPSA) is 120 Å². The summed E-state index contributed by atoms with van der Waals surface area (Å²) in [6, 6.07) is 7.19. The van der Waals surface area contributed by atoms with E-state index in [0.29, 0.717) is 40.6 Å². The Hall–Kier alpha value is -3.34. The number of nitro groups is 1. The molecule has 0 saturated carbocycles. The molecule has 0 aliphatic carbocycles. The molecule has 2 aromatic carbocycles. The lowest BCUT2D eigenvalue weighted by atomic mass is 10.2. The number of fused-ring (bicyclic) bond motifs is 2. The van der Waals surface area contributed by atoms with Gasteiger partial charge < -0.3 is 19.5 Å². The number of rotatable bonds is 4. The van der Waals surface area contributed by atoms with E-state index in [2.05, 4.69) is 21.2 Å². The van der Waals surface area contributed by atoms with Gasteiger partial charge in [-0.2, -0.15) is 0 Å². The molecule has 2 aliphatic heterocycles. The second-order valence-corrected chi connectivity index (χ2v) is 7.06. The first kappa shape index (κ1) is 19.0. The molecule has 150 valence electrons. The highest BCUT2D eigenvalue weighted by Crippen LogP contribution is 2.38. The van der Waals surface area contributed by atoms with Crippen molar-refractivity contribution in [3.8, 4) is 17.2 Å². The van der Waals surface area contributed by atoms with Crippen LogP contribution in [0.25, 0.3) is 0 Å². The van der Waals surface area contributed by atoms with Gasteiger partial charge in [-0.3, -0.25) is 24.6 Å². The summed E-state index contributed by atoms with van der Waals surface area (Å²) in [5.74, 6) is 0.386. The highest BCUT2D eigenvalue weighted by atomic mass is 79.9. The Bertz CT molecular complexity index is 1030. The van der Waals surface area contributed by atoms with Crippen molar-refractivity contribution >= 4 is 44.8 Å². The smallest absolute Gasteiger partial charge is 0.271 e. The number of amides is 2. The number of nitro benzene ring substituents is 1. The Morgan fingerprint density at radius 3 is 2.59 bits per heavy atom. The molecule has 29 heavy (non-hydrogen) atoms. The summed E-state index contributed by atoms with van der Waals surface area (Å²) in [7, 11) is 0. The minimum atomic E-state index is -0.579. The van der Waals surface area contributed by atoms with Crippen LogP contribution >= 0.6 is 15.9 Å². The van der Waals surface area contributed by atoms with E-state index in [0.717, 1.165) is 4.90 Å². The van der Waals surface area contributed by atoms with E-state index in [4.69, 9.17) is 14.2 Å². The van der Waals surface area contributed by atoms with Gasteiger partial charge in [0, 0.05) is 28.7 Å². The Balaban J connectivity index is 1.55. The molecular weight excluding hydrogens is 450 g/mol. The van der Waals surface area contributed by atoms with Crippen molar-refractivity contribution in [1.29, 1.82) is 0 Å². The molecular formula is C18H14BrN3O7. The second-order valence-electron chi connectivity index (χ2n) is 6.20. The number of nitrogens with one attached hydrogen (secondary N) is 1. The van der Waals surface area contributed by atoms with Crippen LogP contribution in [0.1, 0.15) is 0 Å². The molecule has 0 atom stereocenters. The minimum absolute atomic E-state index is 0.173. The SMILES string of the molecule is O=C(CN1C(=O)COc2ccc([N+](=O)[O-])cc21)Nc1cc2c(cc1Br)OCCO2. The average Bonchev–Trinajstić information content (AvgIpc) is 2.70. The van der Waals surface area contributed by atoms with Crippen molar-refractivity contribution in [1.82, 2.24) is 0 Å². The molecule has 0 unspecified atom stereocenters.